The number of sulfonamides is 1. The number of ether oxygens (including phenoxy) is 1. The van der Waals surface area contributed by atoms with E-state index in [1.807, 2.05) is 6.07 Å². The number of primary sulfonamides is 1. The van der Waals surface area contributed by atoms with Crippen LogP contribution in [0.15, 0.2) is 41.3 Å². The number of halogens is 3. The molecule has 1 aliphatic heterocycles. The van der Waals surface area contributed by atoms with Gasteiger partial charge in [0.05, 0.1) is 39.5 Å². The van der Waals surface area contributed by atoms with E-state index in [0.717, 1.165) is 31.6 Å². The molecule has 4 rings (SSSR count). The SMILES string of the molecule is COc1cc(S(N)(=O)=O)ccc1NCC#Cc1sc2c(NC3CCN(C)CC3)cccc2c1C(F)C(F)F. The van der Waals surface area contributed by atoms with Gasteiger partial charge in [0.15, 0.2) is 6.17 Å². The third-order valence-electron chi connectivity index (χ3n) is 6.40. The summed E-state index contributed by atoms with van der Waals surface area (Å²) in [5.74, 6) is 5.96. The molecule has 0 spiro atoms. The van der Waals surface area contributed by atoms with Crippen molar-refractivity contribution in [3.63, 3.8) is 0 Å². The normalized spacial score (nSPS) is 15.8. The molecule has 1 aromatic heterocycles. The van der Waals surface area contributed by atoms with Gasteiger partial charge in [-0.1, -0.05) is 24.0 Å². The number of thiophene rings is 1. The van der Waals surface area contributed by atoms with Gasteiger partial charge in [-0.05, 0) is 51.2 Å². The van der Waals surface area contributed by atoms with Crippen molar-refractivity contribution in [2.45, 2.75) is 36.4 Å². The third-order valence-corrected chi connectivity index (χ3v) is 8.48. The molecule has 2 aromatic carbocycles. The van der Waals surface area contributed by atoms with Crippen LogP contribution in [0, 0.1) is 11.8 Å². The van der Waals surface area contributed by atoms with Crippen LogP contribution in [0.2, 0.25) is 0 Å². The highest BCUT2D eigenvalue weighted by atomic mass is 32.2. The molecule has 1 unspecified atom stereocenters. The van der Waals surface area contributed by atoms with Crippen LogP contribution >= 0.6 is 11.3 Å². The van der Waals surface area contributed by atoms with Gasteiger partial charge < -0.3 is 20.3 Å². The zero-order chi connectivity index (χ0) is 27.4. The van der Waals surface area contributed by atoms with Crippen molar-refractivity contribution in [3.8, 4) is 17.6 Å². The Kier molecular flexibility index (Phi) is 8.72. The Morgan fingerprint density at radius 3 is 2.58 bits per heavy atom. The molecule has 38 heavy (non-hydrogen) atoms. The predicted octanol–water partition coefficient (Wildman–Crippen LogP) is 4.80. The summed E-state index contributed by atoms with van der Waals surface area (Å²) >= 11 is 1.19. The average molecular weight is 567 g/mol. The van der Waals surface area contributed by atoms with Crippen LogP contribution in [0.4, 0.5) is 24.5 Å². The number of hydrogen-bond donors (Lipinski definition) is 3. The lowest BCUT2D eigenvalue weighted by Gasteiger charge is -2.30. The van der Waals surface area contributed by atoms with Crippen LogP contribution in [-0.2, 0) is 10.0 Å². The van der Waals surface area contributed by atoms with Crippen LogP contribution in [0.3, 0.4) is 0 Å². The Morgan fingerprint density at radius 2 is 1.92 bits per heavy atom. The smallest absolute Gasteiger partial charge is 0.273 e. The number of methoxy groups -OCH3 is 1. The molecule has 0 bridgehead atoms. The van der Waals surface area contributed by atoms with E-state index in [0.29, 0.717) is 15.8 Å². The number of piperidine rings is 1. The number of nitrogens with one attached hydrogen (secondary N) is 2. The number of benzene rings is 2. The summed E-state index contributed by atoms with van der Waals surface area (Å²) in [4.78, 5) is 2.39. The number of alkyl halides is 3. The second-order valence-electron chi connectivity index (χ2n) is 9.05. The second kappa shape index (κ2) is 11.8. The monoisotopic (exact) mass is 566 g/mol. The van der Waals surface area contributed by atoms with E-state index in [-0.39, 0.29) is 33.7 Å². The molecule has 4 N–H and O–H groups in total. The van der Waals surface area contributed by atoms with Gasteiger partial charge in [-0.25, -0.2) is 26.7 Å². The largest absolute Gasteiger partial charge is 0.495 e. The molecule has 1 atom stereocenters. The van der Waals surface area contributed by atoms with Gasteiger partial charge in [-0.15, -0.1) is 11.3 Å². The first-order valence-electron chi connectivity index (χ1n) is 11.9. The van der Waals surface area contributed by atoms with E-state index in [2.05, 4.69) is 34.4 Å². The van der Waals surface area contributed by atoms with Crippen molar-refractivity contribution in [2.75, 3.05) is 44.4 Å². The Morgan fingerprint density at radius 1 is 1.18 bits per heavy atom. The number of fused-ring (bicyclic) bond motifs is 1. The lowest BCUT2D eigenvalue weighted by Crippen LogP contribution is -2.36. The minimum atomic E-state index is -3.90. The molecule has 0 saturated carbocycles. The third kappa shape index (κ3) is 6.35. The molecule has 1 saturated heterocycles. The molecule has 7 nitrogen and oxygen atoms in total. The first kappa shape index (κ1) is 28.0. The van der Waals surface area contributed by atoms with Crippen LogP contribution in [0.5, 0.6) is 5.75 Å². The first-order chi connectivity index (χ1) is 18.1. The summed E-state index contributed by atoms with van der Waals surface area (Å²) in [6.07, 6.45) is -3.74. The number of nitrogens with two attached hydrogens (primary N) is 1. The molecule has 0 aliphatic carbocycles. The van der Waals surface area contributed by atoms with Crippen molar-refractivity contribution in [1.82, 2.24) is 4.90 Å². The Hall–Kier alpha value is -2.98. The zero-order valence-corrected chi connectivity index (χ0v) is 22.6. The van der Waals surface area contributed by atoms with Crippen molar-refractivity contribution < 1.29 is 26.3 Å². The molecule has 0 amide bonds. The van der Waals surface area contributed by atoms with E-state index in [4.69, 9.17) is 9.88 Å². The standard InChI is InChI=1S/C26H29F3N4O3S2/c1-33-13-10-16(11-14-33)32-20-6-3-5-18-23(24(27)26(28)29)22(37-25(18)20)7-4-12-31-19-9-8-17(38(30,34)35)15-21(19)36-2/h3,5-6,8-9,15-16,24,26,31-32H,10-14H2,1-2H3,(H2,30,34,35). The zero-order valence-electron chi connectivity index (χ0n) is 20.9. The molecular weight excluding hydrogens is 537 g/mol. The van der Waals surface area contributed by atoms with Gasteiger partial charge in [0.2, 0.25) is 10.0 Å². The molecular formula is C26H29F3N4O3S2. The number of nitrogens with zero attached hydrogens (tertiary/aromatic N) is 1. The van der Waals surface area contributed by atoms with Crippen molar-refractivity contribution in [2.24, 2.45) is 5.14 Å². The minimum Gasteiger partial charge on any atom is -0.495 e. The molecule has 3 aromatic rings. The highest BCUT2D eigenvalue weighted by molar-refractivity contribution is 7.89. The van der Waals surface area contributed by atoms with E-state index in [1.54, 1.807) is 12.1 Å². The Labute approximate surface area is 224 Å². The summed E-state index contributed by atoms with van der Waals surface area (Å²) in [6.45, 7) is 1.99. The van der Waals surface area contributed by atoms with E-state index in [1.165, 1.54) is 36.6 Å². The minimum absolute atomic E-state index is 0.0745. The van der Waals surface area contributed by atoms with Crippen molar-refractivity contribution in [3.05, 3.63) is 46.8 Å². The molecule has 1 aliphatic rings. The van der Waals surface area contributed by atoms with E-state index in [9.17, 15) is 21.6 Å². The fourth-order valence-corrected chi connectivity index (χ4v) is 6.09. The fraction of sp³-hybridized carbons (Fsp3) is 0.385. The Balaban J connectivity index is 1.60. The fourth-order valence-electron chi connectivity index (χ4n) is 4.38. The number of anilines is 2. The Bertz CT molecular complexity index is 1460. The summed E-state index contributed by atoms with van der Waals surface area (Å²) < 4.78 is 70.9. The maximum atomic E-state index is 14.8. The number of likely N-dealkylation sites (tertiary alicyclic amines) is 1. The summed E-state index contributed by atoms with van der Waals surface area (Å²) in [7, 11) is -0.447. The number of rotatable bonds is 8. The van der Waals surface area contributed by atoms with Crippen LogP contribution < -0.4 is 20.5 Å². The summed E-state index contributed by atoms with van der Waals surface area (Å²) in [5, 5.41) is 12.1. The van der Waals surface area contributed by atoms with Gasteiger partial charge in [0.1, 0.15) is 5.75 Å². The lowest BCUT2D eigenvalue weighted by molar-refractivity contribution is 0.0504. The van der Waals surface area contributed by atoms with Gasteiger partial charge in [0, 0.05) is 23.1 Å². The highest BCUT2D eigenvalue weighted by Gasteiger charge is 2.29. The first-order valence-corrected chi connectivity index (χ1v) is 14.3. The quantitative estimate of drug-likeness (QED) is 0.339. The van der Waals surface area contributed by atoms with Gasteiger partial charge in [-0.2, -0.15) is 0 Å². The summed E-state index contributed by atoms with van der Waals surface area (Å²) in [5.41, 5.74) is 1.15. The molecule has 2 heterocycles. The molecule has 204 valence electrons. The van der Waals surface area contributed by atoms with Gasteiger partial charge >= 0.3 is 0 Å². The topological polar surface area (TPSA) is 96.7 Å². The molecule has 12 heteroatoms. The predicted molar refractivity (Wildman–Crippen MR) is 146 cm³/mol. The molecule has 1 fully saturated rings. The van der Waals surface area contributed by atoms with Gasteiger partial charge in [-0.3, -0.25) is 0 Å². The maximum absolute atomic E-state index is 14.8. The van der Waals surface area contributed by atoms with Gasteiger partial charge in [0.25, 0.3) is 6.43 Å². The van der Waals surface area contributed by atoms with Crippen LogP contribution in [-0.4, -0.2) is 59.6 Å². The maximum Gasteiger partial charge on any atom is 0.273 e. The van der Waals surface area contributed by atoms with Crippen molar-refractivity contribution >= 4 is 42.8 Å². The number of hydrogen-bond acceptors (Lipinski definition) is 7. The highest BCUT2D eigenvalue weighted by Crippen LogP contribution is 2.42. The van der Waals surface area contributed by atoms with Crippen LogP contribution in [0.1, 0.15) is 29.5 Å². The van der Waals surface area contributed by atoms with E-state index >= 15 is 0 Å². The van der Waals surface area contributed by atoms with Crippen molar-refractivity contribution in [1.29, 1.82) is 0 Å². The summed E-state index contributed by atoms with van der Waals surface area (Å²) in [6, 6.07) is 9.61. The van der Waals surface area contributed by atoms with E-state index < -0.39 is 22.6 Å². The second-order valence-corrected chi connectivity index (χ2v) is 11.6. The van der Waals surface area contributed by atoms with Crippen LogP contribution in [0.25, 0.3) is 10.1 Å². The molecule has 0 radical (unpaired) electrons. The average Bonchev–Trinajstić information content (AvgIpc) is 3.26. The lowest BCUT2D eigenvalue weighted by atomic mass is 10.0.